The van der Waals surface area contributed by atoms with Crippen molar-refractivity contribution in [3.8, 4) is 16.9 Å². The Balaban J connectivity index is 1.56. The Morgan fingerprint density at radius 1 is 1.24 bits per heavy atom. The Bertz CT molecular complexity index is 1030. The number of carbonyl (C=O) groups is 1. The van der Waals surface area contributed by atoms with E-state index in [1.807, 2.05) is 46.8 Å². The maximum absolute atomic E-state index is 13.1. The highest BCUT2D eigenvalue weighted by Gasteiger charge is 2.27. The molecule has 0 bridgehead atoms. The van der Waals surface area contributed by atoms with E-state index >= 15 is 0 Å². The normalized spacial score (nSPS) is 13.3. The Labute approximate surface area is 169 Å². The van der Waals surface area contributed by atoms with Gasteiger partial charge < -0.3 is 14.7 Å². The summed E-state index contributed by atoms with van der Waals surface area (Å²) in [5.41, 5.74) is 5.31. The van der Waals surface area contributed by atoms with Crippen LogP contribution in [-0.2, 0) is 26.1 Å². The Morgan fingerprint density at radius 3 is 2.72 bits per heavy atom. The van der Waals surface area contributed by atoms with Gasteiger partial charge in [0.25, 0.3) is 5.91 Å². The summed E-state index contributed by atoms with van der Waals surface area (Å²) in [6.07, 6.45) is 4.14. The van der Waals surface area contributed by atoms with Gasteiger partial charge in [-0.05, 0) is 30.7 Å². The van der Waals surface area contributed by atoms with Gasteiger partial charge in [-0.1, -0.05) is 12.1 Å². The lowest BCUT2D eigenvalue weighted by atomic mass is 10.0. The molecule has 0 unspecified atom stereocenters. The van der Waals surface area contributed by atoms with Crippen LogP contribution in [0.1, 0.15) is 34.2 Å². The van der Waals surface area contributed by atoms with Crippen LogP contribution in [0.2, 0.25) is 0 Å². The van der Waals surface area contributed by atoms with Crippen LogP contribution < -0.4 is 4.74 Å². The molecule has 1 N–H and O–H groups in total. The van der Waals surface area contributed by atoms with Gasteiger partial charge >= 0.3 is 0 Å². The topological polar surface area (TPSA) is 80.5 Å². The third-order valence-electron chi connectivity index (χ3n) is 5.40. The standard InChI is InChI=1S/C22H24N4O3/c1-3-26-20-9-11-25(13-18(20)19(14-27)24-26)22(28)16-6-4-15(5-7-16)17-8-10-23-12-21(17)29-2/h4-8,10,12,27H,3,9,11,13-14H2,1-2H3. The SMILES string of the molecule is CCn1nc(CO)c2c1CCN(C(=O)c1ccc(-c3ccncc3OC)cc1)C2. The molecule has 150 valence electrons. The predicted octanol–water partition coefficient (Wildman–Crippen LogP) is 2.66. The number of pyridine rings is 1. The van der Waals surface area contributed by atoms with Gasteiger partial charge in [-0.2, -0.15) is 5.10 Å². The molecule has 2 aromatic heterocycles. The minimum absolute atomic E-state index is 0.0166. The van der Waals surface area contributed by atoms with E-state index in [0.717, 1.165) is 35.3 Å². The molecule has 0 radical (unpaired) electrons. The van der Waals surface area contributed by atoms with Gasteiger partial charge in [0.15, 0.2) is 0 Å². The summed E-state index contributed by atoms with van der Waals surface area (Å²) in [7, 11) is 1.62. The number of rotatable bonds is 5. The minimum atomic E-state index is -0.111. The highest BCUT2D eigenvalue weighted by molar-refractivity contribution is 5.95. The zero-order chi connectivity index (χ0) is 20.4. The van der Waals surface area contributed by atoms with E-state index < -0.39 is 0 Å². The largest absolute Gasteiger partial charge is 0.494 e. The lowest BCUT2D eigenvalue weighted by molar-refractivity contribution is 0.0732. The number of amides is 1. The van der Waals surface area contributed by atoms with E-state index in [2.05, 4.69) is 10.1 Å². The first-order valence-electron chi connectivity index (χ1n) is 9.72. The Morgan fingerprint density at radius 2 is 2.03 bits per heavy atom. The van der Waals surface area contributed by atoms with Crippen molar-refractivity contribution in [3.63, 3.8) is 0 Å². The summed E-state index contributed by atoms with van der Waals surface area (Å²) in [6.45, 7) is 3.80. The van der Waals surface area contributed by atoms with Crippen LogP contribution in [0, 0.1) is 0 Å². The summed E-state index contributed by atoms with van der Waals surface area (Å²) in [4.78, 5) is 19.0. The summed E-state index contributed by atoms with van der Waals surface area (Å²) >= 11 is 0. The van der Waals surface area contributed by atoms with E-state index in [1.165, 1.54) is 0 Å². The van der Waals surface area contributed by atoms with Crippen molar-refractivity contribution in [2.75, 3.05) is 13.7 Å². The Kier molecular flexibility index (Phi) is 5.31. The Hall–Kier alpha value is -3.19. The van der Waals surface area contributed by atoms with Gasteiger partial charge in [0.1, 0.15) is 5.75 Å². The maximum Gasteiger partial charge on any atom is 0.254 e. The minimum Gasteiger partial charge on any atom is -0.494 e. The number of benzene rings is 1. The van der Waals surface area contributed by atoms with Crippen molar-refractivity contribution < 1.29 is 14.6 Å². The van der Waals surface area contributed by atoms with Crippen molar-refractivity contribution >= 4 is 5.91 Å². The molecule has 1 aromatic carbocycles. The van der Waals surface area contributed by atoms with Gasteiger partial charge in [-0.15, -0.1) is 0 Å². The third-order valence-corrected chi connectivity index (χ3v) is 5.40. The maximum atomic E-state index is 13.1. The fourth-order valence-corrected chi connectivity index (χ4v) is 3.88. The zero-order valence-electron chi connectivity index (χ0n) is 16.6. The first kappa shape index (κ1) is 19.1. The molecule has 0 spiro atoms. The molecule has 0 saturated carbocycles. The molecular formula is C22H24N4O3. The number of nitrogens with zero attached hydrogens (tertiary/aromatic N) is 4. The van der Waals surface area contributed by atoms with Crippen LogP contribution in [0.15, 0.2) is 42.7 Å². The average Bonchev–Trinajstić information content (AvgIpc) is 3.15. The second-order valence-electron chi connectivity index (χ2n) is 6.98. The summed E-state index contributed by atoms with van der Waals surface area (Å²) < 4.78 is 7.30. The number of hydrogen-bond acceptors (Lipinski definition) is 5. The number of methoxy groups -OCH3 is 1. The number of aliphatic hydroxyl groups is 1. The van der Waals surface area contributed by atoms with E-state index in [0.29, 0.717) is 30.1 Å². The second kappa shape index (κ2) is 8.05. The van der Waals surface area contributed by atoms with Gasteiger partial charge in [-0.3, -0.25) is 14.5 Å². The van der Waals surface area contributed by atoms with Crippen LogP contribution in [-0.4, -0.2) is 44.3 Å². The molecule has 0 atom stereocenters. The summed E-state index contributed by atoms with van der Waals surface area (Å²) in [5.74, 6) is 0.677. The number of carbonyl (C=O) groups excluding carboxylic acids is 1. The fourth-order valence-electron chi connectivity index (χ4n) is 3.88. The molecule has 1 amide bonds. The molecular weight excluding hydrogens is 368 g/mol. The van der Waals surface area contributed by atoms with Crippen LogP contribution in [0.5, 0.6) is 5.75 Å². The van der Waals surface area contributed by atoms with Gasteiger partial charge in [0.05, 0.1) is 25.6 Å². The third kappa shape index (κ3) is 3.49. The molecule has 1 aliphatic heterocycles. The van der Waals surface area contributed by atoms with Gasteiger partial charge in [0.2, 0.25) is 0 Å². The van der Waals surface area contributed by atoms with E-state index in [-0.39, 0.29) is 12.5 Å². The van der Waals surface area contributed by atoms with E-state index in [9.17, 15) is 9.90 Å². The van der Waals surface area contributed by atoms with Crippen molar-refractivity contribution in [3.05, 3.63) is 65.2 Å². The van der Waals surface area contributed by atoms with Crippen molar-refractivity contribution in [2.45, 2.75) is 33.0 Å². The first-order valence-corrected chi connectivity index (χ1v) is 9.72. The highest BCUT2D eigenvalue weighted by atomic mass is 16.5. The molecule has 0 aliphatic carbocycles. The molecule has 3 heterocycles. The molecule has 0 saturated heterocycles. The molecule has 3 aromatic rings. The summed E-state index contributed by atoms with van der Waals surface area (Å²) in [6, 6.07) is 9.43. The second-order valence-corrected chi connectivity index (χ2v) is 6.98. The molecule has 4 rings (SSSR count). The van der Waals surface area contributed by atoms with E-state index in [1.54, 1.807) is 19.5 Å². The fraction of sp³-hybridized carbons (Fsp3) is 0.318. The van der Waals surface area contributed by atoms with Crippen LogP contribution in [0.25, 0.3) is 11.1 Å². The number of aryl methyl sites for hydroxylation is 1. The van der Waals surface area contributed by atoms with Crippen molar-refractivity contribution in [1.82, 2.24) is 19.7 Å². The van der Waals surface area contributed by atoms with Gasteiger partial charge in [0, 0.05) is 54.6 Å². The quantitative estimate of drug-likeness (QED) is 0.722. The number of aromatic nitrogens is 3. The predicted molar refractivity (Wildman–Crippen MR) is 108 cm³/mol. The molecule has 1 aliphatic rings. The average molecular weight is 392 g/mol. The number of hydrogen-bond donors (Lipinski definition) is 1. The zero-order valence-corrected chi connectivity index (χ0v) is 16.6. The number of fused-ring (bicyclic) bond motifs is 1. The number of ether oxygens (including phenoxy) is 1. The number of aliphatic hydroxyl groups excluding tert-OH is 1. The van der Waals surface area contributed by atoms with Crippen LogP contribution in [0.3, 0.4) is 0 Å². The van der Waals surface area contributed by atoms with Crippen LogP contribution in [0.4, 0.5) is 0 Å². The highest BCUT2D eigenvalue weighted by Crippen LogP contribution is 2.29. The lowest BCUT2D eigenvalue weighted by Gasteiger charge is -2.28. The molecule has 7 nitrogen and oxygen atoms in total. The smallest absolute Gasteiger partial charge is 0.254 e. The van der Waals surface area contributed by atoms with Crippen molar-refractivity contribution in [1.29, 1.82) is 0 Å². The molecule has 29 heavy (non-hydrogen) atoms. The van der Waals surface area contributed by atoms with Crippen molar-refractivity contribution in [2.24, 2.45) is 0 Å². The summed E-state index contributed by atoms with van der Waals surface area (Å²) in [5, 5.41) is 14.1. The van der Waals surface area contributed by atoms with E-state index in [4.69, 9.17) is 4.74 Å². The molecule has 0 fully saturated rings. The van der Waals surface area contributed by atoms with Gasteiger partial charge in [-0.25, -0.2) is 0 Å². The molecule has 7 heteroatoms. The monoisotopic (exact) mass is 392 g/mol. The lowest BCUT2D eigenvalue weighted by Crippen LogP contribution is -2.36. The first-order chi connectivity index (χ1) is 14.2. The van der Waals surface area contributed by atoms with Crippen LogP contribution >= 0.6 is 0 Å².